The third-order valence-corrected chi connectivity index (χ3v) is 38.9. The molecule has 0 aromatic heterocycles. The summed E-state index contributed by atoms with van der Waals surface area (Å²) >= 11 is 0. The number of aliphatic hydroxyl groups excluding tert-OH is 1. The molecule has 3 saturated heterocycles. The molecule has 0 aromatic carbocycles. The Morgan fingerprint density at radius 3 is 1.09 bits per heavy atom. The van der Waals surface area contributed by atoms with E-state index >= 15 is 0 Å². The molecule has 4 aliphatic carbocycles. The van der Waals surface area contributed by atoms with Gasteiger partial charge in [-0.25, -0.2) is 0 Å². The van der Waals surface area contributed by atoms with E-state index in [0.717, 1.165) is 49.4 Å². The topological polar surface area (TPSA) is 103 Å². The quantitative estimate of drug-likeness (QED) is 0.205. The molecule has 3 aliphatic heterocycles. The van der Waals surface area contributed by atoms with Crippen LogP contribution in [0, 0.1) is 35.5 Å². The van der Waals surface area contributed by atoms with Crippen LogP contribution in [0.4, 0.5) is 0 Å². The van der Waals surface area contributed by atoms with Crippen LogP contribution in [-0.2, 0) is 38.0 Å². The molecule has 5 fully saturated rings. The van der Waals surface area contributed by atoms with Crippen LogP contribution < -0.4 is 0 Å². The number of allylic oxidation sites excluding steroid dienone is 4. The molecule has 6 atom stereocenters. The molecule has 10 nitrogen and oxygen atoms in total. The summed E-state index contributed by atoms with van der Waals surface area (Å²) in [5.41, 5.74) is 0. The van der Waals surface area contributed by atoms with Crippen molar-refractivity contribution in [2.45, 2.75) is 157 Å². The first-order valence-corrected chi connectivity index (χ1v) is 44.1. The summed E-state index contributed by atoms with van der Waals surface area (Å²) in [4.78, 5) is 0. The summed E-state index contributed by atoms with van der Waals surface area (Å²) in [6.45, 7) is 39.6. The monoisotopic (exact) mass is 926 g/mol. The molecule has 1 N–H and O–H groups in total. The van der Waals surface area contributed by atoms with Crippen molar-refractivity contribution in [1.82, 2.24) is 0 Å². The first kappa shape index (κ1) is 53.0. The lowest BCUT2D eigenvalue weighted by atomic mass is 9.95. The maximum atomic E-state index is 8.85. The van der Waals surface area contributed by atoms with Crippen molar-refractivity contribution in [3.63, 3.8) is 0 Å². The molecule has 0 amide bonds. The van der Waals surface area contributed by atoms with Gasteiger partial charge in [-0.2, -0.15) is 0 Å². The second-order valence-corrected chi connectivity index (χ2v) is 50.3. The van der Waals surface area contributed by atoms with Crippen molar-refractivity contribution in [3.8, 4) is 0 Å². The smallest absolute Gasteiger partial charge is 0.321 e. The summed E-state index contributed by atoms with van der Waals surface area (Å²) in [7, 11) is -14.5. The van der Waals surface area contributed by atoms with Gasteiger partial charge in [0.25, 0.3) is 0 Å². The number of aliphatic hydroxyl groups is 1. The predicted molar refractivity (Wildman–Crippen MR) is 251 cm³/mol. The van der Waals surface area contributed by atoms with E-state index in [4.69, 9.17) is 43.1 Å². The van der Waals surface area contributed by atoms with Gasteiger partial charge in [0.15, 0.2) is 8.32 Å². The van der Waals surface area contributed by atoms with Crippen LogP contribution >= 0.6 is 0 Å². The Kier molecular flexibility index (Phi) is 19.7. The van der Waals surface area contributed by atoms with Gasteiger partial charge in [-0.05, 0) is 185 Å². The Hall–Kier alpha value is 0.815. The van der Waals surface area contributed by atoms with Gasteiger partial charge in [-0.3, -0.25) is 0 Å². The predicted octanol–water partition coefficient (Wildman–Crippen LogP) is 10.7. The highest BCUT2D eigenvalue weighted by Gasteiger charge is 2.51. The minimum atomic E-state index is -1.90. The van der Waals surface area contributed by atoms with Crippen LogP contribution in [0.5, 0.6) is 0 Å². The summed E-state index contributed by atoms with van der Waals surface area (Å²) in [5, 5.41) is 8.85. The minimum absolute atomic E-state index is 0. The Balaban J connectivity index is 0.000000250. The lowest BCUT2D eigenvalue weighted by Gasteiger charge is -2.46. The molecule has 56 heavy (non-hydrogen) atoms. The molecule has 0 radical (unpaired) electrons. The van der Waals surface area contributed by atoms with Gasteiger partial charge >= 0.3 is 59.9 Å². The molecule has 4 bridgehead atoms. The second kappa shape index (κ2) is 20.8. The van der Waals surface area contributed by atoms with Gasteiger partial charge in [0.2, 0.25) is 0 Å². The molecule has 7 aliphatic rings. The summed E-state index contributed by atoms with van der Waals surface area (Å²) in [5.74, 6) is 4.52. The zero-order valence-electron chi connectivity index (χ0n) is 38.0. The Labute approximate surface area is 353 Å². The van der Waals surface area contributed by atoms with Crippen molar-refractivity contribution in [2.24, 2.45) is 35.5 Å². The van der Waals surface area contributed by atoms with Crippen LogP contribution in [0.25, 0.3) is 0 Å². The largest absolute Gasteiger partial charge is 0.436 e. The van der Waals surface area contributed by atoms with Gasteiger partial charge < -0.3 is 43.1 Å². The third kappa shape index (κ3) is 19.7. The first-order chi connectivity index (χ1) is 24.9. The van der Waals surface area contributed by atoms with Crippen LogP contribution in [0.3, 0.4) is 0 Å². The van der Waals surface area contributed by atoms with E-state index in [1.165, 1.54) is 38.5 Å². The Morgan fingerprint density at radius 1 is 0.536 bits per heavy atom. The molecule has 7 rings (SSSR count). The van der Waals surface area contributed by atoms with Gasteiger partial charge in [-0.1, -0.05) is 31.7 Å². The van der Waals surface area contributed by atoms with Gasteiger partial charge in [-0.15, -0.1) is 0 Å². The summed E-state index contributed by atoms with van der Waals surface area (Å²) in [6.07, 6.45) is 17.2. The van der Waals surface area contributed by atoms with Crippen molar-refractivity contribution in [3.05, 3.63) is 24.3 Å². The Morgan fingerprint density at radius 2 is 0.875 bits per heavy atom. The van der Waals surface area contributed by atoms with Crippen molar-refractivity contribution < 1.29 is 43.1 Å². The number of rotatable bonds is 6. The van der Waals surface area contributed by atoms with Crippen LogP contribution in [0.2, 0.25) is 111 Å². The van der Waals surface area contributed by atoms with E-state index in [9.17, 15) is 0 Å². The van der Waals surface area contributed by atoms with Crippen LogP contribution in [0.1, 0.15) is 46.0 Å². The lowest BCUT2D eigenvalue weighted by molar-refractivity contribution is 0.185. The average Bonchev–Trinajstić information content (AvgIpc) is 3.79. The molecular formula is C38H86O10Si8. The van der Waals surface area contributed by atoms with Crippen LogP contribution in [-0.4, -0.2) is 99.8 Å². The fourth-order valence-corrected chi connectivity index (χ4v) is 47.9. The molecule has 6 unspecified atom stereocenters. The molecule has 3 heterocycles. The van der Waals surface area contributed by atoms with Gasteiger partial charge in [0.05, 0.1) is 0 Å². The number of fused-ring (bicyclic) bond motifs is 4. The minimum Gasteiger partial charge on any atom is -0.436 e. The number of hydrogen-bond donors (Lipinski definition) is 1. The molecule has 330 valence electrons. The normalized spacial score (nSPS) is 33.0. The van der Waals surface area contributed by atoms with Crippen LogP contribution in [0.15, 0.2) is 24.3 Å². The number of hydrogen-bond acceptors (Lipinski definition) is 10. The highest BCUT2D eigenvalue weighted by atomic mass is 28.5. The first-order valence-electron chi connectivity index (χ1n) is 21.0. The van der Waals surface area contributed by atoms with E-state index in [-0.39, 0.29) is 7.43 Å². The van der Waals surface area contributed by atoms with Crippen molar-refractivity contribution in [2.75, 3.05) is 26.4 Å². The van der Waals surface area contributed by atoms with Gasteiger partial charge in [0, 0.05) is 26.4 Å². The van der Waals surface area contributed by atoms with E-state index in [2.05, 4.69) is 136 Å². The molecule has 18 heteroatoms. The number of ether oxygens (including phenoxy) is 1. The Bertz CT molecular complexity index is 1130. The molecule has 2 saturated carbocycles. The van der Waals surface area contributed by atoms with Crippen molar-refractivity contribution >= 4 is 68.2 Å². The fourth-order valence-electron chi connectivity index (χ4n) is 9.45. The molecule has 0 spiro atoms. The van der Waals surface area contributed by atoms with Crippen molar-refractivity contribution in [1.29, 1.82) is 0 Å². The standard InChI is InChI=1S/C13H26O2Si2.C8H12O.2C6H18O3Si3.C4H8O.CH4/c1-16(2,3)15-17(4,5)14-10-13-9-11-6-7-12(13)8-11;9-5-8-4-6-1-2-7(8)3-6;2*1-10(2)7-11(3,4)9-12(5,6)8-10;1-2-4-5-3-1;/h6-7,11-13H,8-10H2,1-5H3;1-2,6-9H,3-5H2;2*1-6H3;1-4H2;1H4. The maximum absolute atomic E-state index is 8.85. The zero-order valence-corrected chi connectivity index (χ0v) is 46.0. The van der Waals surface area contributed by atoms with E-state index in [0.29, 0.717) is 12.5 Å². The van der Waals surface area contributed by atoms with E-state index < -0.39 is 68.2 Å². The SMILES string of the molecule is C.C1CCOC1.C[Si](C)(C)O[Si](C)(C)OCC1CC2C=CC1C2.C[Si]1(C)O[Si](C)(C)O[Si](C)(C)O1.C[Si]1(C)O[Si](C)(C)O[Si](C)(C)O1.OCC1CC2C=CC1C2. The highest BCUT2D eigenvalue weighted by molar-refractivity contribution is 6.93. The summed E-state index contributed by atoms with van der Waals surface area (Å²) < 4.78 is 52.5. The fraction of sp³-hybridized carbons (Fsp3) is 0.895. The molecular weight excluding hydrogens is 841 g/mol. The lowest BCUT2D eigenvalue weighted by Crippen LogP contribution is -2.64. The van der Waals surface area contributed by atoms with E-state index in [1.807, 2.05) is 0 Å². The average molecular weight is 928 g/mol. The third-order valence-electron chi connectivity index (χ3n) is 10.0. The highest BCUT2D eigenvalue weighted by Crippen LogP contribution is 2.44. The summed E-state index contributed by atoms with van der Waals surface area (Å²) in [6, 6.07) is 0. The van der Waals surface area contributed by atoms with E-state index in [1.54, 1.807) is 0 Å². The second-order valence-electron chi connectivity index (χ2n) is 20.5. The zero-order chi connectivity index (χ0) is 41.7. The molecule has 0 aromatic rings. The maximum Gasteiger partial charge on any atom is 0.321 e. The van der Waals surface area contributed by atoms with Gasteiger partial charge in [0.1, 0.15) is 0 Å².